The molecule has 0 fully saturated rings. The molecule has 0 radical (unpaired) electrons. The van der Waals surface area contributed by atoms with Crippen molar-refractivity contribution in [3.63, 3.8) is 0 Å². The highest BCUT2D eigenvalue weighted by molar-refractivity contribution is 6.00. The van der Waals surface area contributed by atoms with Crippen LogP contribution in [0.25, 0.3) is 21.9 Å². The number of aromatic nitrogens is 1. The Morgan fingerprint density at radius 3 is 2.24 bits per heavy atom. The quantitative estimate of drug-likeness (QED) is 0.719. The molecule has 0 bridgehead atoms. The number of hydrogen-bond acceptors (Lipinski definition) is 3. The minimum atomic E-state index is 0.655. The van der Waals surface area contributed by atoms with Crippen LogP contribution in [0.4, 0.5) is 0 Å². The van der Waals surface area contributed by atoms with Crippen LogP contribution in [0, 0.1) is 6.92 Å². The summed E-state index contributed by atoms with van der Waals surface area (Å²) in [6, 6.07) is 14.3. The van der Waals surface area contributed by atoms with Gasteiger partial charge >= 0.3 is 0 Å². The van der Waals surface area contributed by atoms with E-state index in [-0.39, 0.29) is 0 Å². The molecule has 0 spiro atoms. The topological polar surface area (TPSA) is 31.4 Å². The number of fused-ring (bicyclic) bond motifs is 1. The van der Waals surface area contributed by atoms with Gasteiger partial charge in [0.15, 0.2) is 0 Å². The first-order chi connectivity index (χ1) is 10.2. The molecule has 0 aliphatic heterocycles. The molecule has 0 saturated carbocycles. The van der Waals surface area contributed by atoms with Gasteiger partial charge in [-0.15, -0.1) is 0 Å². The average Bonchev–Trinajstić information content (AvgIpc) is 2.54. The highest BCUT2D eigenvalue weighted by Gasteiger charge is 2.11. The maximum Gasteiger partial charge on any atom is 0.221 e. The van der Waals surface area contributed by atoms with E-state index in [9.17, 15) is 0 Å². The van der Waals surface area contributed by atoms with Crippen molar-refractivity contribution in [2.75, 3.05) is 14.2 Å². The number of methoxy groups -OCH3 is 2. The monoisotopic (exact) mass is 279 g/mol. The Morgan fingerprint density at radius 2 is 1.57 bits per heavy atom. The minimum absolute atomic E-state index is 0.655. The van der Waals surface area contributed by atoms with Gasteiger partial charge < -0.3 is 9.47 Å². The summed E-state index contributed by atoms with van der Waals surface area (Å²) in [5.41, 5.74) is 3.59. The van der Waals surface area contributed by atoms with Gasteiger partial charge in [-0.25, -0.2) is 4.98 Å². The van der Waals surface area contributed by atoms with Crippen molar-refractivity contribution in [2.45, 2.75) is 6.92 Å². The summed E-state index contributed by atoms with van der Waals surface area (Å²) < 4.78 is 10.6. The van der Waals surface area contributed by atoms with E-state index in [1.165, 1.54) is 11.1 Å². The summed E-state index contributed by atoms with van der Waals surface area (Å²) >= 11 is 0. The molecule has 0 unspecified atom stereocenters. The molecule has 3 aromatic rings. The molecule has 0 atom stereocenters. The summed E-state index contributed by atoms with van der Waals surface area (Å²) in [5, 5.41) is 2.17. The molecule has 21 heavy (non-hydrogen) atoms. The summed E-state index contributed by atoms with van der Waals surface area (Å²) in [6.45, 7) is 2.12. The van der Waals surface area contributed by atoms with Crippen LogP contribution < -0.4 is 9.47 Å². The van der Waals surface area contributed by atoms with Crippen molar-refractivity contribution in [3.8, 4) is 22.8 Å². The molecule has 0 saturated heterocycles. The summed E-state index contributed by atoms with van der Waals surface area (Å²) in [6.07, 6.45) is 1.79. The number of nitrogens with zero attached hydrogens (tertiary/aromatic N) is 1. The van der Waals surface area contributed by atoms with Crippen molar-refractivity contribution in [1.29, 1.82) is 0 Å². The lowest BCUT2D eigenvalue weighted by Gasteiger charge is -2.12. The van der Waals surface area contributed by atoms with Gasteiger partial charge in [-0.1, -0.05) is 18.2 Å². The third kappa shape index (κ3) is 2.31. The number of ether oxygens (including phenoxy) is 2. The fourth-order valence-electron chi connectivity index (χ4n) is 2.64. The SMILES string of the molecule is COc1ccc(-c2c(C)ccc3c(OC)nccc23)cc1. The molecule has 3 heteroatoms. The molecule has 0 aliphatic rings. The first-order valence-corrected chi connectivity index (χ1v) is 6.81. The Morgan fingerprint density at radius 1 is 0.810 bits per heavy atom. The first-order valence-electron chi connectivity index (χ1n) is 6.81. The molecule has 1 heterocycles. The Kier molecular flexibility index (Phi) is 3.48. The zero-order valence-electron chi connectivity index (χ0n) is 12.4. The van der Waals surface area contributed by atoms with Crippen LogP contribution in [-0.2, 0) is 0 Å². The van der Waals surface area contributed by atoms with E-state index in [1.54, 1.807) is 20.4 Å². The van der Waals surface area contributed by atoms with E-state index in [1.807, 2.05) is 18.2 Å². The lowest BCUT2D eigenvalue weighted by Crippen LogP contribution is -1.92. The second-order valence-corrected chi connectivity index (χ2v) is 4.90. The molecular formula is C18H17NO2. The highest BCUT2D eigenvalue weighted by atomic mass is 16.5. The average molecular weight is 279 g/mol. The van der Waals surface area contributed by atoms with Crippen LogP contribution in [0.1, 0.15) is 5.56 Å². The Bertz CT molecular complexity index is 779. The Labute approximate surface area is 124 Å². The normalized spacial score (nSPS) is 10.6. The predicted molar refractivity (Wildman–Crippen MR) is 85.0 cm³/mol. The first kappa shape index (κ1) is 13.4. The molecule has 2 aromatic carbocycles. The van der Waals surface area contributed by atoms with Crippen LogP contribution in [0.3, 0.4) is 0 Å². The maximum atomic E-state index is 5.36. The van der Waals surface area contributed by atoms with Crippen molar-refractivity contribution < 1.29 is 9.47 Å². The van der Waals surface area contributed by atoms with Crippen molar-refractivity contribution in [1.82, 2.24) is 4.98 Å². The fourth-order valence-corrected chi connectivity index (χ4v) is 2.64. The number of benzene rings is 2. The number of pyridine rings is 1. The third-order valence-corrected chi connectivity index (χ3v) is 3.69. The van der Waals surface area contributed by atoms with E-state index in [4.69, 9.17) is 9.47 Å². The molecule has 0 amide bonds. The zero-order chi connectivity index (χ0) is 14.8. The molecule has 1 aromatic heterocycles. The smallest absolute Gasteiger partial charge is 0.221 e. The summed E-state index contributed by atoms with van der Waals surface area (Å²) in [4.78, 5) is 4.27. The second kappa shape index (κ2) is 5.44. The lowest BCUT2D eigenvalue weighted by molar-refractivity contribution is 0.403. The number of hydrogen-bond donors (Lipinski definition) is 0. The van der Waals surface area contributed by atoms with Crippen LogP contribution in [0.5, 0.6) is 11.6 Å². The van der Waals surface area contributed by atoms with Crippen LogP contribution in [0.2, 0.25) is 0 Å². The van der Waals surface area contributed by atoms with E-state index in [2.05, 4.69) is 36.2 Å². The van der Waals surface area contributed by atoms with Gasteiger partial charge in [-0.2, -0.15) is 0 Å². The highest BCUT2D eigenvalue weighted by Crippen LogP contribution is 2.35. The van der Waals surface area contributed by atoms with Crippen molar-refractivity contribution in [2.24, 2.45) is 0 Å². The van der Waals surface area contributed by atoms with Gasteiger partial charge in [0.2, 0.25) is 5.88 Å². The lowest BCUT2D eigenvalue weighted by atomic mass is 9.94. The Balaban J connectivity index is 2.27. The minimum Gasteiger partial charge on any atom is -0.497 e. The van der Waals surface area contributed by atoms with Gasteiger partial charge in [0.25, 0.3) is 0 Å². The van der Waals surface area contributed by atoms with Crippen molar-refractivity contribution >= 4 is 10.8 Å². The summed E-state index contributed by atoms with van der Waals surface area (Å²) in [7, 11) is 3.32. The second-order valence-electron chi connectivity index (χ2n) is 4.90. The van der Waals surface area contributed by atoms with Gasteiger partial charge in [-0.3, -0.25) is 0 Å². The molecule has 3 nitrogen and oxygen atoms in total. The third-order valence-electron chi connectivity index (χ3n) is 3.69. The van der Waals surface area contributed by atoms with Crippen LogP contribution >= 0.6 is 0 Å². The fraction of sp³-hybridized carbons (Fsp3) is 0.167. The van der Waals surface area contributed by atoms with E-state index in [0.717, 1.165) is 22.1 Å². The molecule has 106 valence electrons. The van der Waals surface area contributed by atoms with E-state index < -0.39 is 0 Å². The molecule has 3 rings (SSSR count). The maximum absolute atomic E-state index is 5.36. The van der Waals surface area contributed by atoms with Gasteiger partial charge in [0.1, 0.15) is 5.75 Å². The predicted octanol–water partition coefficient (Wildman–Crippen LogP) is 4.23. The van der Waals surface area contributed by atoms with E-state index in [0.29, 0.717) is 5.88 Å². The molecule has 0 aliphatic carbocycles. The largest absolute Gasteiger partial charge is 0.497 e. The van der Waals surface area contributed by atoms with Gasteiger partial charge in [0.05, 0.1) is 14.2 Å². The van der Waals surface area contributed by atoms with Crippen LogP contribution in [0.15, 0.2) is 48.7 Å². The van der Waals surface area contributed by atoms with E-state index >= 15 is 0 Å². The van der Waals surface area contributed by atoms with Crippen molar-refractivity contribution in [3.05, 3.63) is 54.2 Å². The number of aryl methyl sites for hydroxylation is 1. The Hall–Kier alpha value is -2.55. The number of rotatable bonds is 3. The summed E-state index contributed by atoms with van der Waals surface area (Å²) in [5.74, 6) is 1.51. The van der Waals surface area contributed by atoms with Crippen LogP contribution in [-0.4, -0.2) is 19.2 Å². The molecular weight excluding hydrogens is 262 g/mol. The zero-order valence-corrected chi connectivity index (χ0v) is 12.4. The molecule has 0 N–H and O–H groups in total. The standard InChI is InChI=1S/C18H17NO2/c1-12-4-9-16-15(10-11-19-18(16)21-3)17(12)13-5-7-14(20-2)8-6-13/h4-11H,1-3H3. The van der Waals surface area contributed by atoms with Gasteiger partial charge in [-0.05, 0) is 53.3 Å². The van der Waals surface area contributed by atoms with Gasteiger partial charge in [0, 0.05) is 11.6 Å².